The molecule has 1 saturated heterocycles. The van der Waals surface area contributed by atoms with E-state index in [4.69, 9.17) is 4.74 Å². The summed E-state index contributed by atoms with van der Waals surface area (Å²) in [5.41, 5.74) is 0.186. The zero-order valence-corrected chi connectivity index (χ0v) is 19.1. The molecule has 172 valence electrons. The number of benzene rings is 2. The highest BCUT2D eigenvalue weighted by atomic mass is 16.6. The number of aryl methyl sites for hydroxylation is 1. The van der Waals surface area contributed by atoms with Gasteiger partial charge in [0.1, 0.15) is 6.54 Å². The number of likely N-dealkylation sites (tertiary alicyclic amines) is 1. The topological polar surface area (TPSA) is 72.3 Å². The number of quaternary nitrogens is 1. The lowest BCUT2D eigenvalue weighted by molar-refractivity contribution is -0.917. The van der Waals surface area contributed by atoms with E-state index in [2.05, 4.69) is 17.0 Å². The molecule has 0 aliphatic carbocycles. The fourth-order valence-electron chi connectivity index (χ4n) is 4.77. The Balaban J connectivity index is 1.44. The highest BCUT2D eigenvalue weighted by Gasteiger charge is 2.44. The molecule has 6 heteroatoms. The van der Waals surface area contributed by atoms with Gasteiger partial charge in [0.05, 0.1) is 25.8 Å². The average molecular weight is 447 g/mol. The maximum absolute atomic E-state index is 13.4. The van der Waals surface area contributed by atoms with Crippen molar-refractivity contribution in [3.8, 4) is 0 Å². The van der Waals surface area contributed by atoms with Crippen LogP contribution in [0.5, 0.6) is 0 Å². The molecule has 6 nitrogen and oxygen atoms in total. The van der Waals surface area contributed by atoms with Crippen LogP contribution in [0.25, 0.3) is 0 Å². The van der Waals surface area contributed by atoms with E-state index < -0.39 is 11.6 Å². The monoisotopic (exact) mass is 446 g/mol. The summed E-state index contributed by atoms with van der Waals surface area (Å²) in [5.74, 6) is -0.613. The Kier molecular flexibility index (Phi) is 7.16. The molecule has 2 atom stereocenters. The third-order valence-corrected chi connectivity index (χ3v) is 6.57. The largest absolute Gasteiger partial charge is 0.454 e. The second kappa shape index (κ2) is 10.2. The molecule has 1 N–H and O–H groups in total. The van der Waals surface area contributed by atoms with Crippen molar-refractivity contribution in [1.29, 1.82) is 0 Å². The number of piperidine rings is 1. The van der Waals surface area contributed by atoms with Gasteiger partial charge < -0.3 is 14.3 Å². The average Bonchev–Trinajstić information content (AvgIpc) is 2.85. The standard InChI is InChI=1S/C27H32N3O3/c1-30(18-8-14-24-20-28-16-17-29-24)19-9-15-25(21-30)33-26(31)27(32,22-10-4-2-5-11-22)23-12-6-3-7-13-23/h2-7,10-13,16-17,20,25,32H,8-9,14-15,18-19,21H2,1H3/q+1/t25?,30-/m1/s1. The quantitative estimate of drug-likeness (QED) is 0.424. The smallest absolute Gasteiger partial charge is 0.348 e. The van der Waals surface area contributed by atoms with Crippen molar-refractivity contribution >= 4 is 5.97 Å². The van der Waals surface area contributed by atoms with Crippen LogP contribution >= 0.6 is 0 Å². The van der Waals surface area contributed by atoms with Crippen LogP contribution in [0.2, 0.25) is 0 Å². The van der Waals surface area contributed by atoms with E-state index in [1.165, 1.54) is 0 Å². The lowest BCUT2D eigenvalue weighted by atomic mass is 9.86. The number of aliphatic hydroxyl groups is 1. The number of carbonyl (C=O) groups excluding carboxylic acids is 1. The van der Waals surface area contributed by atoms with Gasteiger partial charge in [0.15, 0.2) is 6.10 Å². The molecule has 0 spiro atoms. The van der Waals surface area contributed by atoms with Crippen molar-refractivity contribution in [2.45, 2.75) is 37.4 Å². The molecule has 1 fully saturated rings. The maximum atomic E-state index is 13.4. The zero-order chi connectivity index (χ0) is 23.2. The number of nitrogens with zero attached hydrogens (tertiary/aromatic N) is 3. The fourth-order valence-corrected chi connectivity index (χ4v) is 4.77. The molecule has 1 aliphatic heterocycles. The minimum Gasteiger partial charge on any atom is -0.454 e. The molecule has 0 amide bonds. The van der Waals surface area contributed by atoms with Crippen LogP contribution in [0.15, 0.2) is 79.3 Å². The first-order valence-electron chi connectivity index (χ1n) is 11.6. The van der Waals surface area contributed by atoms with Gasteiger partial charge in [-0.3, -0.25) is 9.97 Å². The Hall–Kier alpha value is -3.09. The number of aromatic nitrogens is 2. The Morgan fingerprint density at radius 3 is 2.36 bits per heavy atom. The normalized spacial score (nSPS) is 20.8. The molecule has 0 saturated carbocycles. The number of esters is 1. The van der Waals surface area contributed by atoms with Crippen LogP contribution in [-0.4, -0.2) is 58.3 Å². The van der Waals surface area contributed by atoms with Gasteiger partial charge in [-0.25, -0.2) is 4.79 Å². The number of likely N-dealkylation sites (N-methyl/N-ethyl adjacent to an activating group) is 1. The summed E-state index contributed by atoms with van der Waals surface area (Å²) in [6.45, 7) is 2.77. The highest BCUT2D eigenvalue weighted by molar-refractivity contribution is 5.85. The van der Waals surface area contributed by atoms with Crippen molar-refractivity contribution in [2.75, 3.05) is 26.7 Å². The van der Waals surface area contributed by atoms with Gasteiger partial charge in [-0.1, -0.05) is 60.7 Å². The Morgan fingerprint density at radius 2 is 1.76 bits per heavy atom. The minimum atomic E-state index is -1.84. The lowest BCUT2D eigenvalue weighted by Gasteiger charge is -2.41. The first-order valence-corrected chi connectivity index (χ1v) is 11.6. The number of rotatable bonds is 8. The number of carbonyl (C=O) groups is 1. The number of hydrogen-bond acceptors (Lipinski definition) is 5. The lowest BCUT2D eigenvalue weighted by Crippen LogP contribution is -2.55. The highest BCUT2D eigenvalue weighted by Crippen LogP contribution is 2.32. The van der Waals surface area contributed by atoms with Gasteiger partial charge >= 0.3 is 5.97 Å². The summed E-state index contributed by atoms with van der Waals surface area (Å²) in [7, 11) is 2.22. The van der Waals surface area contributed by atoms with Crippen LogP contribution in [0.3, 0.4) is 0 Å². The van der Waals surface area contributed by atoms with Gasteiger partial charge in [-0.15, -0.1) is 0 Å². The summed E-state index contributed by atoms with van der Waals surface area (Å²) < 4.78 is 6.84. The molecule has 0 bridgehead atoms. The van der Waals surface area contributed by atoms with Crippen molar-refractivity contribution in [1.82, 2.24) is 9.97 Å². The van der Waals surface area contributed by atoms with Gasteiger partial charge in [-0.05, 0) is 24.0 Å². The van der Waals surface area contributed by atoms with E-state index >= 15 is 0 Å². The summed E-state index contributed by atoms with van der Waals surface area (Å²) in [6.07, 6.45) is 8.66. The SMILES string of the molecule is C[N@@+]1(CCCc2cnccn2)CCCC(OC(=O)C(O)(c2ccccc2)c2ccccc2)C1. The fraction of sp³-hybridized carbons (Fsp3) is 0.370. The van der Waals surface area contributed by atoms with Crippen molar-refractivity contribution in [3.05, 3.63) is 96.1 Å². The molecule has 2 heterocycles. The van der Waals surface area contributed by atoms with E-state index in [1.807, 2.05) is 42.6 Å². The second-order valence-corrected chi connectivity index (χ2v) is 9.16. The number of hydrogen-bond donors (Lipinski definition) is 1. The van der Waals surface area contributed by atoms with Crippen molar-refractivity contribution in [2.24, 2.45) is 0 Å². The van der Waals surface area contributed by atoms with Crippen LogP contribution in [0.4, 0.5) is 0 Å². The molecular weight excluding hydrogens is 414 g/mol. The van der Waals surface area contributed by atoms with E-state index in [0.717, 1.165) is 55.5 Å². The van der Waals surface area contributed by atoms with Crippen LogP contribution in [-0.2, 0) is 21.6 Å². The number of ether oxygens (including phenoxy) is 1. The molecule has 4 rings (SSSR count). The van der Waals surface area contributed by atoms with Crippen molar-refractivity contribution < 1.29 is 19.1 Å². The molecule has 1 aliphatic rings. The third-order valence-electron chi connectivity index (χ3n) is 6.57. The zero-order valence-electron chi connectivity index (χ0n) is 19.1. The van der Waals surface area contributed by atoms with E-state index in [1.54, 1.807) is 36.7 Å². The summed E-state index contributed by atoms with van der Waals surface area (Å²) in [4.78, 5) is 21.9. The van der Waals surface area contributed by atoms with Crippen LogP contribution in [0, 0.1) is 0 Å². The van der Waals surface area contributed by atoms with Crippen molar-refractivity contribution in [3.63, 3.8) is 0 Å². The first-order chi connectivity index (χ1) is 16.0. The predicted octanol–water partition coefficient (Wildman–Crippen LogP) is 3.50. The van der Waals surface area contributed by atoms with E-state index in [9.17, 15) is 9.90 Å². The Bertz CT molecular complexity index is 991. The second-order valence-electron chi connectivity index (χ2n) is 9.16. The van der Waals surface area contributed by atoms with Crippen LogP contribution < -0.4 is 0 Å². The van der Waals surface area contributed by atoms with E-state index in [-0.39, 0.29) is 6.10 Å². The van der Waals surface area contributed by atoms with Gasteiger partial charge in [0, 0.05) is 31.4 Å². The van der Waals surface area contributed by atoms with Gasteiger partial charge in [0.2, 0.25) is 5.60 Å². The molecule has 33 heavy (non-hydrogen) atoms. The first kappa shape index (κ1) is 23.1. The Morgan fingerprint density at radius 1 is 1.09 bits per heavy atom. The molecule has 1 aromatic heterocycles. The van der Waals surface area contributed by atoms with Gasteiger partial charge in [0.25, 0.3) is 0 Å². The molecule has 0 radical (unpaired) electrons. The van der Waals surface area contributed by atoms with Gasteiger partial charge in [-0.2, -0.15) is 0 Å². The Labute approximate surface area is 195 Å². The summed E-state index contributed by atoms with van der Waals surface area (Å²) in [5, 5.41) is 11.7. The molecule has 2 aromatic carbocycles. The molecule has 3 aromatic rings. The summed E-state index contributed by atoms with van der Waals surface area (Å²) in [6, 6.07) is 18.1. The van der Waals surface area contributed by atoms with Crippen LogP contribution in [0.1, 0.15) is 36.1 Å². The summed E-state index contributed by atoms with van der Waals surface area (Å²) >= 11 is 0. The predicted molar refractivity (Wildman–Crippen MR) is 126 cm³/mol. The molecule has 1 unspecified atom stereocenters. The van der Waals surface area contributed by atoms with E-state index in [0.29, 0.717) is 11.1 Å². The molecular formula is C27H32N3O3+. The minimum absolute atomic E-state index is 0.230. The third kappa shape index (κ3) is 5.46. The maximum Gasteiger partial charge on any atom is 0.348 e.